The highest BCUT2D eigenvalue weighted by Gasteiger charge is 2.35. The zero-order valence-electron chi connectivity index (χ0n) is 12.7. The first kappa shape index (κ1) is 15.1. The Balaban J connectivity index is 2.53. The Bertz CT molecular complexity index is 606. The van der Waals surface area contributed by atoms with E-state index in [0.29, 0.717) is 17.0 Å². The molecule has 1 amide bonds. The first-order valence-electron chi connectivity index (χ1n) is 6.69. The van der Waals surface area contributed by atoms with Crippen molar-refractivity contribution in [2.75, 3.05) is 21.3 Å². The summed E-state index contributed by atoms with van der Waals surface area (Å²) in [7, 11) is 4.60. The maximum absolute atomic E-state index is 12.1. The fraction of sp³-hybridized carbons (Fsp3) is 0.375. The zero-order chi connectivity index (χ0) is 15.6. The van der Waals surface area contributed by atoms with Crippen LogP contribution in [0, 0.1) is 0 Å². The number of hydrogen-bond donors (Lipinski definition) is 0. The number of esters is 1. The summed E-state index contributed by atoms with van der Waals surface area (Å²) in [4.78, 5) is 25.7. The minimum atomic E-state index is -0.403. The number of carbonyl (C=O) groups is 2. The lowest BCUT2D eigenvalue weighted by Gasteiger charge is -2.31. The molecule has 0 saturated heterocycles. The third-order valence-electron chi connectivity index (χ3n) is 3.90. The molecule has 2 rings (SSSR count). The summed E-state index contributed by atoms with van der Waals surface area (Å²) in [5.41, 5.74) is 2.02. The average molecular weight is 289 g/mol. The van der Waals surface area contributed by atoms with Crippen LogP contribution in [0.3, 0.4) is 0 Å². The topological polar surface area (TPSA) is 55.8 Å². The summed E-state index contributed by atoms with van der Waals surface area (Å²) in [6.07, 6.45) is 0.242. The van der Waals surface area contributed by atoms with Crippen LogP contribution in [0.15, 0.2) is 35.5 Å². The number of methoxy groups -OCH3 is 2. The van der Waals surface area contributed by atoms with Crippen molar-refractivity contribution in [3.63, 3.8) is 0 Å². The van der Waals surface area contributed by atoms with E-state index in [1.165, 1.54) is 12.0 Å². The van der Waals surface area contributed by atoms with E-state index in [4.69, 9.17) is 9.47 Å². The van der Waals surface area contributed by atoms with Crippen LogP contribution in [0.25, 0.3) is 0 Å². The molecule has 1 aliphatic heterocycles. The first-order chi connectivity index (χ1) is 9.99. The van der Waals surface area contributed by atoms with Gasteiger partial charge in [-0.05, 0) is 24.6 Å². The summed E-state index contributed by atoms with van der Waals surface area (Å²) in [5, 5.41) is 0. The van der Waals surface area contributed by atoms with E-state index in [2.05, 4.69) is 0 Å². The van der Waals surface area contributed by atoms with Crippen LogP contribution in [0.5, 0.6) is 5.75 Å². The Morgan fingerprint density at radius 3 is 2.67 bits per heavy atom. The second-order valence-electron chi connectivity index (χ2n) is 4.98. The standard InChI is InChI=1S/C16H19NO4/c1-10-15(16(19)21-4)13(9-14(18)17(10)2)11-6-5-7-12(8-11)20-3/h5-8,13H,9H2,1-4H3/t13-/m0/s1. The van der Waals surface area contributed by atoms with Crippen LogP contribution in [-0.2, 0) is 14.3 Å². The van der Waals surface area contributed by atoms with Crippen LogP contribution in [-0.4, -0.2) is 38.0 Å². The number of rotatable bonds is 3. The van der Waals surface area contributed by atoms with E-state index >= 15 is 0 Å². The lowest BCUT2D eigenvalue weighted by atomic mass is 9.84. The van der Waals surface area contributed by atoms with E-state index in [0.717, 1.165) is 5.56 Å². The molecule has 0 N–H and O–H groups in total. The number of nitrogens with zero attached hydrogens (tertiary/aromatic N) is 1. The number of ether oxygens (including phenoxy) is 2. The van der Waals surface area contributed by atoms with E-state index in [1.807, 2.05) is 24.3 Å². The normalized spacial score (nSPS) is 18.8. The summed E-state index contributed by atoms with van der Waals surface area (Å²) < 4.78 is 10.1. The number of benzene rings is 1. The van der Waals surface area contributed by atoms with Gasteiger partial charge >= 0.3 is 5.97 Å². The minimum Gasteiger partial charge on any atom is -0.497 e. The van der Waals surface area contributed by atoms with Gasteiger partial charge in [-0.2, -0.15) is 0 Å². The van der Waals surface area contributed by atoms with E-state index in [-0.39, 0.29) is 18.2 Å². The Hall–Kier alpha value is -2.30. The summed E-state index contributed by atoms with van der Waals surface area (Å²) in [6.45, 7) is 1.76. The van der Waals surface area contributed by atoms with Crippen molar-refractivity contribution in [1.82, 2.24) is 4.90 Å². The van der Waals surface area contributed by atoms with Crippen molar-refractivity contribution in [2.45, 2.75) is 19.3 Å². The van der Waals surface area contributed by atoms with Gasteiger partial charge in [-0.3, -0.25) is 4.79 Å². The molecule has 0 spiro atoms. The maximum atomic E-state index is 12.1. The molecule has 5 heteroatoms. The van der Waals surface area contributed by atoms with Crippen molar-refractivity contribution < 1.29 is 19.1 Å². The predicted octanol–water partition coefficient (Wildman–Crippen LogP) is 2.09. The largest absolute Gasteiger partial charge is 0.497 e. The molecule has 1 aromatic carbocycles. The molecule has 0 saturated carbocycles. The van der Waals surface area contributed by atoms with Crippen molar-refractivity contribution in [2.24, 2.45) is 0 Å². The van der Waals surface area contributed by atoms with Gasteiger partial charge in [0.05, 0.1) is 19.8 Å². The highest BCUT2D eigenvalue weighted by atomic mass is 16.5. The van der Waals surface area contributed by atoms with Gasteiger partial charge in [-0.25, -0.2) is 4.79 Å². The number of hydrogen-bond acceptors (Lipinski definition) is 4. The molecular formula is C16H19NO4. The van der Waals surface area contributed by atoms with Gasteiger partial charge in [0.25, 0.3) is 0 Å². The molecule has 0 unspecified atom stereocenters. The molecular weight excluding hydrogens is 270 g/mol. The second kappa shape index (κ2) is 5.99. The van der Waals surface area contributed by atoms with Gasteiger partial charge in [0, 0.05) is 25.1 Å². The molecule has 0 aromatic heterocycles. The number of carbonyl (C=O) groups excluding carboxylic acids is 2. The van der Waals surface area contributed by atoms with Crippen LogP contribution >= 0.6 is 0 Å². The Kier molecular flexibility index (Phi) is 4.31. The van der Waals surface area contributed by atoms with Crippen LogP contribution in [0.1, 0.15) is 24.8 Å². The predicted molar refractivity (Wildman–Crippen MR) is 77.8 cm³/mol. The van der Waals surface area contributed by atoms with Gasteiger partial charge < -0.3 is 14.4 Å². The van der Waals surface area contributed by atoms with Gasteiger partial charge in [-0.15, -0.1) is 0 Å². The molecule has 0 bridgehead atoms. The van der Waals surface area contributed by atoms with E-state index in [1.54, 1.807) is 21.1 Å². The van der Waals surface area contributed by atoms with E-state index < -0.39 is 5.97 Å². The van der Waals surface area contributed by atoms with Crippen molar-refractivity contribution in [1.29, 1.82) is 0 Å². The molecule has 1 aromatic rings. The quantitative estimate of drug-likeness (QED) is 0.800. The van der Waals surface area contributed by atoms with Crippen molar-refractivity contribution >= 4 is 11.9 Å². The van der Waals surface area contributed by atoms with Crippen LogP contribution in [0.2, 0.25) is 0 Å². The van der Waals surface area contributed by atoms with Crippen molar-refractivity contribution in [3.05, 3.63) is 41.1 Å². The Labute approximate surface area is 124 Å². The van der Waals surface area contributed by atoms with Gasteiger partial charge in [0.1, 0.15) is 5.75 Å². The van der Waals surface area contributed by atoms with Gasteiger partial charge in [0.2, 0.25) is 5.91 Å². The van der Waals surface area contributed by atoms with Crippen LogP contribution in [0.4, 0.5) is 0 Å². The molecule has 0 aliphatic carbocycles. The van der Waals surface area contributed by atoms with Gasteiger partial charge in [-0.1, -0.05) is 12.1 Å². The first-order valence-corrected chi connectivity index (χ1v) is 6.69. The lowest BCUT2D eigenvalue weighted by molar-refractivity contribution is -0.137. The smallest absolute Gasteiger partial charge is 0.336 e. The van der Waals surface area contributed by atoms with E-state index in [9.17, 15) is 9.59 Å². The molecule has 0 radical (unpaired) electrons. The molecule has 1 heterocycles. The second-order valence-corrected chi connectivity index (χ2v) is 4.98. The van der Waals surface area contributed by atoms with Crippen molar-refractivity contribution in [3.8, 4) is 5.75 Å². The molecule has 0 fully saturated rings. The SMILES string of the molecule is COC(=O)C1=C(C)N(C)C(=O)C[C@H]1c1cccc(OC)c1. The Morgan fingerprint density at radius 1 is 1.33 bits per heavy atom. The molecule has 1 atom stereocenters. The zero-order valence-corrected chi connectivity index (χ0v) is 12.7. The number of allylic oxidation sites excluding steroid dienone is 1. The fourth-order valence-electron chi connectivity index (χ4n) is 2.58. The lowest BCUT2D eigenvalue weighted by Crippen LogP contribution is -2.35. The maximum Gasteiger partial charge on any atom is 0.336 e. The summed E-state index contributed by atoms with van der Waals surface area (Å²) >= 11 is 0. The summed E-state index contributed by atoms with van der Waals surface area (Å²) in [5.74, 6) is -0.0374. The third kappa shape index (κ3) is 2.77. The monoisotopic (exact) mass is 289 g/mol. The number of amides is 1. The molecule has 21 heavy (non-hydrogen) atoms. The highest BCUT2D eigenvalue weighted by molar-refractivity contribution is 5.95. The molecule has 1 aliphatic rings. The van der Waals surface area contributed by atoms with Gasteiger partial charge in [0.15, 0.2) is 0 Å². The fourth-order valence-corrected chi connectivity index (χ4v) is 2.58. The highest BCUT2D eigenvalue weighted by Crippen LogP contribution is 2.37. The minimum absolute atomic E-state index is 0.0204. The summed E-state index contributed by atoms with van der Waals surface area (Å²) in [6, 6.07) is 7.41. The van der Waals surface area contributed by atoms with Crippen LogP contribution < -0.4 is 4.74 Å². The molecule has 5 nitrogen and oxygen atoms in total. The Morgan fingerprint density at radius 2 is 2.05 bits per heavy atom. The molecule has 112 valence electrons. The average Bonchev–Trinajstić information content (AvgIpc) is 2.51. The third-order valence-corrected chi connectivity index (χ3v) is 3.90.